The molecule has 1 amide bonds. The molecule has 1 fully saturated rings. The maximum absolute atomic E-state index is 12.8. The number of carbonyl (C=O) groups excluding carboxylic acids is 1. The minimum absolute atomic E-state index is 0.0365. The number of aromatic nitrogens is 1. The van der Waals surface area contributed by atoms with Crippen molar-refractivity contribution < 1.29 is 13.9 Å². The van der Waals surface area contributed by atoms with Crippen LogP contribution < -0.4 is 4.74 Å². The Morgan fingerprint density at radius 3 is 2.73 bits per heavy atom. The van der Waals surface area contributed by atoms with Crippen LogP contribution in [0.2, 0.25) is 0 Å². The van der Waals surface area contributed by atoms with Crippen molar-refractivity contribution in [3.8, 4) is 5.75 Å². The number of halogens is 1. The average Bonchev–Trinajstić information content (AvgIpc) is 3.26. The zero-order valence-electron chi connectivity index (χ0n) is 12.3. The third-order valence-corrected chi connectivity index (χ3v) is 4.31. The summed E-state index contributed by atoms with van der Waals surface area (Å²) in [6.07, 6.45) is 2.07. The van der Waals surface area contributed by atoms with E-state index in [1.54, 1.807) is 11.3 Å². The van der Waals surface area contributed by atoms with Crippen LogP contribution in [0.3, 0.4) is 0 Å². The predicted molar refractivity (Wildman–Crippen MR) is 82.3 cm³/mol. The maximum atomic E-state index is 12.8. The van der Waals surface area contributed by atoms with Gasteiger partial charge in [-0.1, -0.05) is 0 Å². The minimum atomic E-state index is -0.322. The number of carbonyl (C=O) groups is 1. The summed E-state index contributed by atoms with van der Waals surface area (Å²) in [5, 5.41) is 2.99. The van der Waals surface area contributed by atoms with Crippen LogP contribution in [0.5, 0.6) is 5.75 Å². The third kappa shape index (κ3) is 3.82. The van der Waals surface area contributed by atoms with Gasteiger partial charge in [-0.3, -0.25) is 4.79 Å². The summed E-state index contributed by atoms with van der Waals surface area (Å²) in [5.74, 6) is 0.115. The Bertz CT molecular complexity index is 652. The minimum Gasteiger partial charge on any atom is -0.484 e. The van der Waals surface area contributed by atoms with Crippen molar-refractivity contribution in [1.29, 1.82) is 0 Å². The number of thiazole rings is 1. The summed E-state index contributed by atoms with van der Waals surface area (Å²) in [6, 6.07) is 5.97. The molecular formula is C16H17FN2O2S. The van der Waals surface area contributed by atoms with Crippen LogP contribution in [0.25, 0.3) is 0 Å². The van der Waals surface area contributed by atoms with Gasteiger partial charge in [0.1, 0.15) is 11.6 Å². The molecule has 2 aromatic rings. The molecule has 1 aromatic carbocycles. The smallest absolute Gasteiger partial charge is 0.261 e. The Labute approximate surface area is 132 Å². The van der Waals surface area contributed by atoms with Crippen LogP contribution >= 0.6 is 11.3 Å². The Morgan fingerprint density at radius 1 is 1.41 bits per heavy atom. The lowest BCUT2D eigenvalue weighted by atomic mass is 10.3. The molecule has 1 saturated carbocycles. The van der Waals surface area contributed by atoms with Crippen LogP contribution in [0, 0.1) is 12.7 Å². The SMILES string of the molecule is Cc1nc(CN(C(=O)COc2ccc(F)cc2)C2CC2)cs1. The van der Waals surface area contributed by atoms with Crippen molar-refractivity contribution >= 4 is 17.2 Å². The largest absolute Gasteiger partial charge is 0.484 e. The van der Waals surface area contributed by atoms with Crippen LogP contribution in [-0.4, -0.2) is 28.4 Å². The molecule has 116 valence electrons. The molecule has 0 N–H and O–H groups in total. The molecule has 0 spiro atoms. The van der Waals surface area contributed by atoms with Crippen molar-refractivity contribution in [3.05, 3.63) is 46.2 Å². The lowest BCUT2D eigenvalue weighted by molar-refractivity contribution is -0.134. The molecular weight excluding hydrogens is 303 g/mol. The molecule has 1 aromatic heterocycles. The van der Waals surface area contributed by atoms with E-state index in [-0.39, 0.29) is 18.3 Å². The van der Waals surface area contributed by atoms with Gasteiger partial charge in [0.2, 0.25) is 0 Å². The van der Waals surface area contributed by atoms with Gasteiger partial charge in [-0.15, -0.1) is 11.3 Å². The first-order valence-corrected chi connectivity index (χ1v) is 8.08. The Hall–Kier alpha value is -1.95. The summed E-state index contributed by atoms with van der Waals surface area (Å²) in [7, 11) is 0. The van der Waals surface area contributed by atoms with E-state index < -0.39 is 0 Å². The van der Waals surface area contributed by atoms with Crippen molar-refractivity contribution in [1.82, 2.24) is 9.88 Å². The van der Waals surface area contributed by atoms with Crippen molar-refractivity contribution in [3.63, 3.8) is 0 Å². The van der Waals surface area contributed by atoms with E-state index in [9.17, 15) is 9.18 Å². The van der Waals surface area contributed by atoms with Gasteiger partial charge >= 0.3 is 0 Å². The van der Waals surface area contributed by atoms with E-state index in [2.05, 4.69) is 4.98 Å². The van der Waals surface area contributed by atoms with Crippen molar-refractivity contribution in [2.45, 2.75) is 32.4 Å². The first-order valence-electron chi connectivity index (χ1n) is 7.20. The van der Waals surface area contributed by atoms with E-state index in [0.717, 1.165) is 23.5 Å². The first-order chi connectivity index (χ1) is 10.6. The summed E-state index contributed by atoms with van der Waals surface area (Å²) in [6.45, 7) is 2.45. The van der Waals surface area contributed by atoms with Crippen molar-refractivity contribution in [2.24, 2.45) is 0 Å². The van der Waals surface area contributed by atoms with Gasteiger partial charge in [-0.05, 0) is 44.0 Å². The molecule has 0 radical (unpaired) electrons. The number of ether oxygens (including phenoxy) is 1. The maximum Gasteiger partial charge on any atom is 0.261 e. The molecule has 3 rings (SSSR count). The molecule has 1 heterocycles. The Kier molecular flexibility index (Phi) is 4.38. The highest BCUT2D eigenvalue weighted by atomic mass is 32.1. The number of hydrogen-bond acceptors (Lipinski definition) is 4. The standard InChI is InChI=1S/C16H17FN2O2S/c1-11-18-13(10-22-11)8-19(14-4-5-14)16(20)9-21-15-6-2-12(17)3-7-15/h2-3,6-7,10,14H,4-5,8-9H2,1H3. The highest BCUT2D eigenvalue weighted by Crippen LogP contribution is 2.28. The highest BCUT2D eigenvalue weighted by molar-refractivity contribution is 7.09. The first kappa shape index (κ1) is 15.0. The Morgan fingerprint density at radius 2 is 2.14 bits per heavy atom. The van der Waals surface area contributed by atoms with Crippen molar-refractivity contribution in [2.75, 3.05) is 6.61 Å². The molecule has 6 heteroatoms. The van der Waals surface area contributed by atoms with Gasteiger partial charge in [-0.25, -0.2) is 9.37 Å². The molecule has 0 aliphatic heterocycles. The van der Waals surface area contributed by atoms with Gasteiger partial charge < -0.3 is 9.64 Å². The van der Waals surface area contributed by atoms with Gasteiger partial charge in [0.15, 0.2) is 6.61 Å². The van der Waals surface area contributed by atoms with Crippen LogP contribution in [-0.2, 0) is 11.3 Å². The number of rotatable bonds is 6. The van der Waals surface area contributed by atoms with E-state index in [4.69, 9.17) is 4.74 Å². The normalized spacial score (nSPS) is 13.9. The van der Waals surface area contributed by atoms with E-state index in [1.807, 2.05) is 17.2 Å². The summed E-state index contributed by atoms with van der Waals surface area (Å²) in [5.41, 5.74) is 0.921. The van der Waals surface area contributed by atoms with E-state index >= 15 is 0 Å². The molecule has 22 heavy (non-hydrogen) atoms. The van der Waals surface area contributed by atoms with Gasteiger partial charge in [0, 0.05) is 11.4 Å². The van der Waals surface area contributed by atoms with Crippen LogP contribution in [0.15, 0.2) is 29.6 Å². The summed E-state index contributed by atoms with van der Waals surface area (Å²) >= 11 is 1.59. The van der Waals surface area contributed by atoms with Gasteiger partial charge in [-0.2, -0.15) is 0 Å². The van der Waals surface area contributed by atoms with Gasteiger partial charge in [0.05, 0.1) is 17.2 Å². The zero-order chi connectivity index (χ0) is 15.5. The summed E-state index contributed by atoms with van der Waals surface area (Å²) in [4.78, 5) is 18.6. The second kappa shape index (κ2) is 6.44. The van der Waals surface area contributed by atoms with Crippen LogP contribution in [0.4, 0.5) is 4.39 Å². The molecule has 0 bridgehead atoms. The number of aryl methyl sites for hydroxylation is 1. The highest BCUT2D eigenvalue weighted by Gasteiger charge is 2.33. The monoisotopic (exact) mass is 320 g/mol. The molecule has 1 aliphatic carbocycles. The Balaban J connectivity index is 1.59. The number of hydrogen-bond donors (Lipinski definition) is 0. The molecule has 4 nitrogen and oxygen atoms in total. The van der Waals surface area contributed by atoms with E-state index in [0.29, 0.717) is 18.3 Å². The lowest BCUT2D eigenvalue weighted by Crippen LogP contribution is -2.36. The zero-order valence-corrected chi connectivity index (χ0v) is 13.1. The molecule has 1 aliphatic rings. The number of benzene rings is 1. The lowest BCUT2D eigenvalue weighted by Gasteiger charge is -2.21. The average molecular weight is 320 g/mol. The fraction of sp³-hybridized carbons (Fsp3) is 0.375. The molecule has 0 unspecified atom stereocenters. The quantitative estimate of drug-likeness (QED) is 0.821. The molecule has 0 atom stereocenters. The molecule has 0 saturated heterocycles. The summed E-state index contributed by atoms with van der Waals surface area (Å²) < 4.78 is 18.3. The number of amides is 1. The topological polar surface area (TPSA) is 42.4 Å². The fourth-order valence-electron chi connectivity index (χ4n) is 2.22. The van der Waals surface area contributed by atoms with Gasteiger partial charge in [0.25, 0.3) is 5.91 Å². The van der Waals surface area contributed by atoms with E-state index in [1.165, 1.54) is 24.3 Å². The fourth-order valence-corrected chi connectivity index (χ4v) is 2.83. The second-order valence-electron chi connectivity index (χ2n) is 5.35. The van der Waals surface area contributed by atoms with Crippen LogP contribution in [0.1, 0.15) is 23.5 Å². The number of nitrogens with zero attached hydrogens (tertiary/aromatic N) is 2. The second-order valence-corrected chi connectivity index (χ2v) is 6.42. The third-order valence-electron chi connectivity index (χ3n) is 3.48. The predicted octanol–water partition coefficient (Wildman–Crippen LogP) is 3.16.